The summed E-state index contributed by atoms with van der Waals surface area (Å²) in [6, 6.07) is 9.75. The smallest absolute Gasteiger partial charge is 0.339 e. The molecule has 0 amide bonds. The van der Waals surface area contributed by atoms with Gasteiger partial charge in [-0.05, 0) is 25.1 Å². The molecule has 144 valence electrons. The number of anilines is 2. The summed E-state index contributed by atoms with van der Waals surface area (Å²) >= 11 is 0. The topological polar surface area (TPSA) is 87.6 Å². The minimum atomic E-state index is -1.00. The van der Waals surface area contributed by atoms with Gasteiger partial charge in [-0.2, -0.15) is 0 Å². The van der Waals surface area contributed by atoms with E-state index in [9.17, 15) is 9.90 Å². The standard InChI is InChI=1S/C21H22N4O3/c1-14-4-5-18-16(11-14)19(17(13-23-18)21(26)27)24-12-15-3-2-6-22-20(15)25-7-9-28-10-8-25/h2-6,11,13H,7-10,12H2,1H3,(H,23,24)(H,26,27). The Morgan fingerprint density at radius 1 is 1.25 bits per heavy atom. The van der Waals surface area contributed by atoms with E-state index in [1.165, 1.54) is 6.20 Å². The molecule has 1 saturated heterocycles. The molecule has 0 aliphatic carbocycles. The van der Waals surface area contributed by atoms with E-state index >= 15 is 0 Å². The van der Waals surface area contributed by atoms with E-state index in [1.807, 2.05) is 37.3 Å². The number of nitrogens with zero attached hydrogens (tertiary/aromatic N) is 3. The van der Waals surface area contributed by atoms with Gasteiger partial charge in [0.2, 0.25) is 0 Å². The van der Waals surface area contributed by atoms with Gasteiger partial charge in [0.1, 0.15) is 11.4 Å². The van der Waals surface area contributed by atoms with Crippen molar-refractivity contribution in [3.63, 3.8) is 0 Å². The number of aryl methyl sites for hydroxylation is 1. The van der Waals surface area contributed by atoms with Gasteiger partial charge in [-0.3, -0.25) is 4.98 Å². The molecule has 1 fully saturated rings. The minimum absolute atomic E-state index is 0.162. The predicted molar refractivity (Wildman–Crippen MR) is 108 cm³/mol. The number of pyridine rings is 2. The number of morpholine rings is 1. The van der Waals surface area contributed by atoms with Crippen molar-refractivity contribution in [1.29, 1.82) is 0 Å². The van der Waals surface area contributed by atoms with E-state index in [4.69, 9.17) is 4.74 Å². The highest BCUT2D eigenvalue weighted by molar-refractivity contribution is 6.04. The van der Waals surface area contributed by atoms with E-state index in [2.05, 4.69) is 20.2 Å². The maximum atomic E-state index is 11.8. The zero-order chi connectivity index (χ0) is 19.5. The third-order valence-electron chi connectivity index (χ3n) is 4.89. The molecule has 28 heavy (non-hydrogen) atoms. The lowest BCUT2D eigenvalue weighted by molar-refractivity contribution is 0.0697. The average Bonchev–Trinajstić information content (AvgIpc) is 2.72. The fourth-order valence-electron chi connectivity index (χ4n) is 3.47. The number of hydrogen-bond donors (Lipinski definition) is 2. The summed E-state index contributed by atoms with van der Waals surface area (Å²) in [5, 5.41) is 13.8. The van der Waals surface area contributed by atoms with Crippen molar-refractivity contribution < 1.29 is 14.6 Å². The number of carbonyl (C=O) groups is 1. The summed E-state index contributed by atoms with van der Waals surface area (Å²) in [4.78, 5) is 22.8. The Balaban J connectivity index is 1.69. The highest BCUT2D eigenvalue weighted by Gasteiger charge is 2.18. The molecule has 3 aromatic rings. The molecule has 0 saturated carbocycles. The van der Waals surface area contributed by atoms with Crippen LogP contribution >= 0.6 is 0 Å². The predicted octanol–water partition coefficient (Wildman–Crippen LogP) is 3.09. The minimum Gasteiger partial charge on any atom is -0.478 e. The first-order valence-corrected chi connectivity index (χ1v) is 9.26. The molecule has 3 heterocycles. The molecule has 0 spiro atoms. The van der Waals surface area contributed by atoms with Crippen LogP contribution in [-0.4, -0.2) is 47.3 Å². The molecular formula is C21H22N4O3. The number of rotatable bonds is 5. The molecule has 0 bridgehead atoms. The van der Waals surface area contributed by atoms with Crippen molar-refractivity contribution in [2.24, 2.45) is 0 Å². The maximum absolute atomic E-state index is 11.8. The molecule has 2 aromatic heterocycles. The van der Waals surface area contributed by atoms with E-state index in [0.717, 1.165) is 40.9 Å². The van der Waals surface area contributed by atoms with Crippen molar-refractivity contribution in [1.82, 2.24) is 9.97 Å². The highest BCUT2D eigenvalue weighted by atomic mass is 16.5. The molecular weight excluding hydrogens is 356 g/mol. The number of aromatic carboxylic acids is 1. The van der Waals surface area contributed by atoms with Crippen LogP contribution in [0.25, 0.3) is 10.9 Å². The Kier molecular flexibility index (Phi) is 5.08. The van der Waals surface area contributed by atoms with E-state index in [1.54, 1.807) is 6.20 Å². The number of ether oxygens (including phenoxy) is 1. The first-order valence-electron chi connectivity index (χ1n) is 9.26. The van der Waals surface area contributed by atoms with Gasteiger partial charge >= 0.3 is 5.97 Å². The third kappa shape index (κ3) is 3.61. The van der Waals surface area contributed by atoms with Crippen molar-refractivity contribution >= 4 is 28.4 Å². The summed E-state index contributed by atoms with van der Waals surface area (Å²) in [7, 11) is 0. The monoisotopic (exact) mass is 378 g/mol. The molecule has 7 heteroatoms. The van der Waals surface area contributed by atoms with Crippen LogP contribution in [-0.2, 0) is 11.3 Å². The third-order valence-corrected chi connectivity index (χ3v) is 4.89. The lowest BCUT2D eigenvalue weighted by Gasteiger charge is -2.29. The van der Waals surface area contributed by atoms with Gasteiger partial charge in [0.05, 0.1) is 24.4 Å². The lowest BCUT2D eigenvalue weighted by atomic mass is 10.1. The molecule has 1 aliphatic rings. The summed E-state index contributed by atoms with van der Waals surface area (Å²) in [5.41, 5.74) is 3.57. The van der Waals surface area contributed by atoms with Crippen molar-refractivity contribution in [3.8, 4) is 0 Å². The second-order valence-corrected chi connectivity index (χ2v) is 6.81. The Labute approximate surface area is 163 Å². The van der Waals surface area contributed by atoms with E-state index < -0.39 is 5.97 Å². The quantitative estimate of drug-likeness (QED) is 0.705. The number of carboxylic acid groups (broad SMARTS) is 1. The zero-order valence-electron chi connectivity index (χ0n) is 15.7. The van der Waals surface area contributed by atoms with Crippen LogP contribution in [0.2, 0.25) is 0 Å². The highest BCUT2D eigenvalue weighted by Crippen LogP contribution is 2.28. The first-order chi connectivity index (χ1) is 13.6. The molecule has 0 unspecified atom stereocenters. The Hall–Kier alpha value is -3.19. The van der Waals surface area contributed by atoms with E-state index in [0.29, 0.717) is 25.4 Å². The zero-order valence-corrected chi connectivity index (χ0v) is 15.7. The second kappa shape index (κ2) is 7.82. The van der Waals surface area contributed by atoms with Crippen LogP contribution in [0.3, 0.4) is 0 Å². The van der Waals surface area contributed by atoms with Gasteiger partial charge in [0.25, 0.3) is 0 Å². The van der Waals surface area contributed by atoms with Gasteiger partial charge < -0.3 is 20.1 Å². The summed E-state index contributed by atoms with van der Waals surface area (Å²) in [6.07, 6.45) is 3.19. The summed E-state index contributed by atoms with van der Waals surface area (Å²) < 4.78 is 5.43. The van der Waals surface area contributed by atoms with Gasteiger partial charge in [0.15, 0.2) is 0 Å². The lowest BCUT2D eigenvalue weighted by Crippen LogP contribution is -2.37. The number of benzene rings is 1. The SMILES string of the molecule is Cc1ccc2ncc(C(=O)O)c(NCc3cccnc3N3CCOCC3)c2c1. The fourth-order valence-corrected chi connectivity index (χ4v) is 3.47. The van der Waals surface area contributed by atoms with Crippen LogP contribution in [0.5, 0.6) is 0 Å². The van der Waals surface area contributed by atoms with Crippen molar-refractivity contribution in [2.75, 3.05) is 36.5 Å². The van der Waals surface area contributed by atoms with Crippen molar-refractivity contribution in [3.05, 3.63) is 59.4 Å². The fraction of sp³-hybridized carbons (Fsp3) is 0.286. The Bertz CT molecular complexity index is 1020. The van der Waals surface area contributed by atoms with Crippen LogP contribution < -0.4 is 10.2 Å². The van der Waals surface area contributed by atoms with Crippen LogP contribution in [0.1, 0.15) is 21.5 Å². The van der Waals surface area contributed by atoms with Gasteiger partial charge in [-0.25, -0.2) is 9.78 Å². The molecule has 1 aliphatic heterocycles. The summed E-state index contributed by atoms with van der Waals surface area (Å²) in [6.45, 7) is 5.40. The van der Waals surface area contributed by atoms with E-state index in [-0.39, 0.29) is 5.56 Å². The number of nitrogens with one attached hydrogen (secondary N) is 1. The number of fused-ring (bicyclic) bond motifs is 1. The summed E-state index contributed by atoms with van der Waals surface area (Å²) in [5.74, 6) is -0.0947. The maximum Gasteiger partial charge on any atom is 0.339 e. The molecule has 2 N–H and O–H groups in total. The van der Waals surface area contributed by atoms with Crippen LogP contribution in [0, 0.1) is 6.92 Å². The molecule has 0 atom stereocenters. The normalized spacial score (nSPS) is 14.2. The van der Waals surface area contributed by atoms with Crippen LogP contribution in [0.15, 0.2) is 42.7 Å². The number of aromatic nitrogens is 2. The average molecular weight is 378 g/mol. The largest absolute Gasteiger partial charge is 0.478 e. The van der Waals surface area contributed by atoms with Gasteiger partial charge in [-0.1, -0.05) is 17.7 Å². The number of hydrogen-bond acceptors (Lipinski definition) is 6. The second-order valence-electron chi connectivity index (χ2n) is 6.81. The molecule has 0 radical (unpaired) electrons. The van der Waals surface area contributed by atoms with Gasteiger partial charge in [-0.15, -0.1) is 0 Å². The van der Waals surface area contributed by atoms with Gasteiger partial charge in [0, 0.05) is 43.0 Å². The van der Waals surface area contributed by atoms with Crippen molar-refractivity contribution in [2.45, 2.75) is 13.5 Å². The Morgan fingerprint density at radius 2 is 2.07 bits per heavy atom. The van der Waals surface area contributed by atoms with Crippen LogP contribution in [0.4, 0.5) is 11.5 Å². The number of carboxylic acids is 1. The Morgan fingerprint density at radius 3 is 2.86 bits per heavy atom. The molecule has 7 nitrogen and oxygen atoms in total. The molecule has 1 aromatic carbocycles. The molecule has 4 rings (SSSR count). The first kappa shape index (κ1) is 18.2.